The number of nitrogens with zero attached hydrogens (tertiary/aromatic N) is 2. The Labute approximate surface area is 87.2 Å². The van der Waals surface area contributed by atoms with E-state index < -0.39 is 0 Å². The quantitative estimate of drug-likeness (QED) is 0.744. The second kappa shape index (κ2) is 4.21. The van der Waals surface area contributed by atoms with Crippen molar-refractivity contribution in [3.63, 3.8) is 0 Å². The van der Waals surface area contributed by atoms with Gasteiger partial charge in [0.25, 0.3) is 0 Å². The molecule has 0 bridgehead atoms. The smallest absolute Gasteiger partial charge is 0.122 e. The molecule has 0 aliphatic rings. The molecule has 2 aromatic rings. The molecule has 0 amide bonds. The fourth-order valence-electron chi connectivity index (χ4n) is 1.28. The van der Waals surface area contributed by atoms with E-state index in [1.165, 1.54) is 0 Å². The van der Waals surface area contributed by atoms with Gasteiger partial charge in [-0.3, -0.25) is 9.97 Å². The highest BCUT2D eigenvalue weighted by molar-refractivity contribution is 5.85. The summed E-state index contributed by atoms with van der Waals surface area (Å²) >= 11 is 0. The van der Waals surface area contributed by atoms with Crippen molar-refractivity contribution >= 4 is 23.4 Å². The highest BCUT2D eigenvalue weighted by Gasteiger charge is 2.05. The van der Waals surface area contributed by atoms with E-state index in [9.17, 15) is 5.11 Å². The molecule has 74 valence electrons. The number of hydrogen-bond donors (Lipinski definition) is 2. The van der Waals surface area contributed by atoms with Gasteiger partial charge in [0.05, 0.1) is 11.0 Å². The molecule has 0 unspecified atom stereocenters. The second-order valence-electron chi connectivity index (χ2n) is 2.69. The fourth-order valence-corrected chi connectivity index (χ4v) is 1.28. The van der Waals surface area contributed by atoms with Gasteiger partial charge in [0, 0.05) is 24.5 Å². The largest absolute Gasteiger partial charge is 0.508 e. The summed E-state index contributed by atoms with van der Waals surface area (Å²) in [6.45, 7) is 0.266. The molecule has 14 heavy (non-hydrogen) atoms. The molecule has 0 saturated heterocycles. The molecule has 0 saturated carbocycles. The van der Waals surface area contributed by atoms with Crippen molar-refractivity contribution in [3.8, 4) is 5.75 Å². The van der Waals surface area contributed by atoms with Crippen LogP contribution in [0.4, 0.5) is 0 Å². The Morgan fingerprint density at radius 3 is 2.64 bits per heavy atom. The van der Waals surface area contributed by atoms with E-state index >= 15 is 0 Å². The highest BCUT2D eigenvalue weighted by Crippen LogP contribution is 2.23. The summed E-state index contributed by atoms with van der Waals surface area (Å²) in [6.07, 6.45) is 3.20. The third-order valence-electron chi connectivity index (χ3n) is 1.92. The average Bonchev–Trinajstić information content (AvgIpc) is 2.18. The number of aromatic hydroxyl groups is 1. The standard InChI is InChI=1S/C9H9N3O.ClH/c10-5-6-8(13)2-1-7-9(6)12-4-3-11-7;/h1-4,13H,5,10H2;1H. The maximum Gasteiger partial charge on any atom is 0.122 e. The van der Waals surface area contributed by atoms with Gasteiger partial charge < -0.3 is 10.8 Å². The summed E-state index contributed by atoms with van der Waals surface area (Å²) in [5, 5.41) is 9.46. The van der Waals surface area contributed by atoms with Crippen LogP contribution >= 0.6 is 12.4 Å². The highest BCUT2D eigenvalue weighted by atomic mass is 35.5. The van der Waals surface area contributed by atoms with Crippen LogP contribution in [0.3, 0.4) is 0 Å². The molecule has 2 rings (SSSR count). The Morgan fingerprint density at radius 1 is 1.21 bits per heavy atom. The van der Waals surface area contributed by atoms with Crippen molar-refractivity contribution in [3.05, 3.63) is 30.1 Å². The molecular formula is C9H10ClN3O. The van der Waals surface area contributed by atoms with Crippen LogP contribution in [0, 0.1) is 0 Å². The van der Waals surface area contributed by atoms with E-state index in [1.807, 2.05) is 0 Å². The van der Waals surface area contributed by atoms with Gasteiger partial charge in [-0.25, -0.2) is 0 Å². The van der Waals surface area contributed by atoms with Crippen molar-refractivity contribution < 1.29 is 5.11 Å². The van der Waals surface area contributed by atoms with Crippen LogP contribution in [0.2, 0.25) is 0 Å². The Kier molecular flexibility index (Phi) is 3.22. The lowest BCUT2D eigenvalue weighted by Crippen LogP contribution is -1.99. The number of phenolic OH excluding ortho intramolecular Hbond substituents is 1. The lowest BCUT2D eigenvalue weighted by molar-refractivity contribution is 0.469. The Morgan fingerprint density at radius 2 is 1.93 bits per heavy atom. The Balaban J connectivity index is 0.000000980. The molecule has 4 nitrogen and oxygen atoms in total. The zero-order valence-electron chi connectivity index (χ0n) is 7.34. The van der Waals surface area contributed by atoms with E-state index in [1.54, 1.807) is 24.5 Å². The van der Waals surface area contributed by atoms with Gasteiger partial charge in [0.2, 0.25) is 0 Å². The van der Waals surface area contributed by atoms with Gasteiger partial charge in [-0.15, -0.1) is 12.4 Å². The summed E-state index contributed by atoms with van der Waals surface area (Å²) in [5.41, 5.74) is 7.56. The number of fused-ring (bicyclic) bond motifs is 1. The number of rotatable bonds is 1. The maximum absolute atomic E-state index is 9.46. The number of hydrogen-bond acceptors (Lipinski definition) is 4. The number of aromatic nitrogens is 2. The minimum atomic E-state index is 0. The normalized spacial score (nSPS) is 9.79. The van der Waals surface area contributed by atoms with Crippen LogP contribution in [-0.2, 0) is 6.54 Å². The first kappa shape index (κ1) is 10.7. The Bertz CT molecular complexity index is 447. The second-order valence-corrected chi connectivity index (χ2v) is 2.69. The predicted octanol–water partition coefficient (Wildman–Crippen LogP) is 1.22. The molecule has 0 radical (unpaired) electrons. The zero-order valence-corrected chi connectivity index (χ0v) is 8.16. The molecule has 3 N–H and O–H groups in total. The van der Waals surface area contributed by atoms with Crippen molar-refractivity contribution in [1.29, 1.82) is 0 Å². The first-order valence-corrected chi connectivity index (χ1v) is 3.94. The average molecular weight is 212 g/mol. The first-order valence-electron chi connectivity index (χ1n) is 3.94. The van der Waals surface area contributed by atoms with Crippen molar-refractivity contribution in [1.82, 2.24) is 9.97 Å². The molecule has 0 aliphatic heterocycles. The van der Waals surface area contributed by atoms with Crippen LogP contribution in [0.25, 0.3) is 11.0 Å². The summed E-state index contributed by atoms with van der Waals surface area (Å²) in [7, 11) is 0. The van der Waals surface area contributed by atoms with Crippen LogP contribution in [0.5, 0.6) is 5.75 Å². The minimum Gasteiger partial charge on any atom is -0.508 e. The van der Waals surface area contributed by atoms with Gasteiger partial charge in [0.15, 0.2) is 0 Å². The molecule has 5 heteroatoms. The molecule has 0 aliphatic carbocycles. The molecule has 0 spiro atoms. The van der Waals surface area contributed by atoms with Crippen molar-refractivity contribution in [2.45, 2.75) is 6.54 Å². The van der Waals surface area contributed by atoms with Gasteiger partial charge in [-0.2, -0.15) is 0 Å². The van der Waals surface area contributed by atoms with Crippen LogP contribution in [0.1, 0.15) is 5.56 Å². The molecule has 0 fully saturated rings. The molecule has 1 aromatic carbocycles. The van der Waals surface area contributed by atoms with Gasteiger partial charge in [-0.1, -0.05) is 0 Å². The lowest BCUT2D eigenvalue weighted by atomic mass is 10.1. The van der Waals surface area contributed by atoms with Crippen molar-refractivity contribution in [2.24, 2.45) is 5.73 Å². The monoisotopic (exact) mass is 211 g/mol. The van der Waals surface area contributed by atoms with Crippen LogP contribution in [0.15, 0.2) is 24.5 Å². The summed E-state index contributed by atoms with van der Waals surface area (Å²) in [4.78, 5) is 8.21. The molecule has 1 aromatic heterocycles. The van der Waals surface area contributed by atoms with Gasteiger partial charge in [0.1, 0.15) is 5.75 Å². The van der Waals surface area contributed by atoms with Gasteiger partial charge >= 0.3 is 0 Å². The van der Waals surface area contributed by atoms with E-state index in [0.29, 0.717) is 11.1 Å². The maximum atomic E-state index is 9.46. The van der Waals surface area contributed by atoms with Gasteiger partial charge in [-0.05, 0) is 12.1 Å². The summed E-state index contributed by atoms with van der Waals surface area (Å²) in [5.74, 6) is 0.176. The fraction of sp³-hybridized carbons (Fsp3) is 0.111. The van der Waals surface area contributed by atoms with E-state index in [2.05, 4.69) is 9.97 Å². The third kappa shape index (κ3) is 1.62. The summed E-state index contributed by atoms with van der Waals surface area (Å²) in [6, 6.07) is 3.30. The van der Waals surface area contributed by atoms with E-state index in [4.69, 9.17) is 5.73 Å². The van der Waals surface area contributed by atoms with Crippen LogP contribution < -0.4 is 5.73 Å². The van der Waals surface area contributed by atoms with Crippen molar-refractivity contribution in [2.75, 3.05) is 0 Å². The summed E-state index contributed by atoms with van der Waals surface area (Å²) < 4.78 is 0. The zero-order chi connectivity index (χ0) is 9.26. The van der Waals surface area contributed by atoms with Crippen LogP contribution in [-0.4, -0.2) is 15.1 Å². The van der Waals surface area contributed by atoms with E-state index in [0.717, 1.165) is 5.52 Å². The Hall–Kier alpha value is -1.39. The third-order valence-corrected chi connectivity index (χ3v) is 1.92. The van der Waals surface area contributed by atoms with E-state index in [-0.39, 0.29) is 24.7 Å². The first-order chi connectivity index (χ1) is 6.33. The SMILES string of the molecule is Cl.NCc1c(O)ccc2nccnc12. The number of nitrogens with two attached hydrogens (primary N) is 1. The number of benzene rings is 1. The molecular weight excluding hydrogens is 202 g/mol. The molecule has 0 atom stereocenters. The lowest BCUT2D eigenvalue weighted by Gasteiger charge is -2.03. The predicted molar refractivity (Wildman–Crippen MR) is 56.3 cm³/mol. The topological polar surface area (TPSA) is 72.0 Å². The minimum absolute atomic E-state index is 0. The molecule has 1 heterocycles. The number of phenols is 1. The number of halogens is 1.